The molecular formula is C18H25NO2. The zero-order valence-electron chi connectivity index (χ0n) is 12.6. The second kappa shape index (κ2) is 6.18. The molecule has 1 saturated heterocycles. The van der Waals surface area contributed by atoms with Crippen molar-refractivity contribution >= 4 is 5.97 Å². The first kappa shape index (κ1) is 14.6. The number of hydrogen-bond acceptors (Lipinski definition) is 2. The smallest absolute Gasteiger partial charge is 0.312 e. The van der Waals surface area contributed by atoms with Crippen molar-refractivity contribution in [2.45, 2.75) is 44.4 Å². The SMILES string of the molecule is O=C(O)C(CN1CCC2(CCCC2)CC1)c1ccccc1. The molecule has 3 rings (SSSR count). The maximum Gasteiger partial charge on any atom is 0.312 e. The lowest BCUT2D eigenvalue weighted by atomic mass is 9.77. The zero-order valence-corrected chi connectivity index (χ0v) is 12.6. The maximum atomic E-state index is 11.6. The van der Waals surface area contributed by atoms with E-state index in [2.05, 4.69) is 4.90 Å². The molecule has 114 valence electrons. The topological polar surface area (TPSA) is 40.5 Å². The summed E-state index contributed by atoms with van der Waals surface area (Å²) >= 11 is 0. The average Bonchev–Trinajstić information content (AvgIpc) is 2.96. The number of carboxylic acids is 1. The molecule has 2 aliphatic rings. The molecule has 1 unspecified atom stereocenters. The molecule has 1 aliphatic heterocycles. The first-order valence-corrected chi connectivity index (χ1v) is 8.19. The van der Waals surface area contributed by atoms with Crippen LogP contribution in [0, 0.1) is 5.41 Å². The van der Waals surface area contributed by atoms with Gasteiger partial charge in [0.15, 0.2) is 0 Å². The van der Waals surface area contributed by atoms with Gasteiger partial charge < -0.3 is 10.0 Å². The van der Waals surface area contributed by atoms with Crippen molar-refractivity contribution in [3.8, 4) is 0 Å². The zero-order chi connectivity index (χ0) is 14.7. The Kier molecular flexibility index (Phi) is 4.29. The number of aliphatic carboxylic acids is 1. The Labute approximate surface area is 127 Å². The van der Waals surface area contributed by atoms with Gasteiger partial charge in [-0.1, -0.05) is 43.2 Å². The minimum Gasteiger partial charge on any atom is -0.481 e. The van der Waals surface area contributed by atoms with Crippen molar-refractivity contribution in [1.29, 1.82) is 0 Å². The Hall–Kier alpha value is -1.35. The van der Waals surface area contributed by atoms with Crippen molar-refractivity contribution in [2.24, 2.45) is 5.41 Å². The van der Waals surface area contributed by atoms with Gasteiger partial charge in [-0.05, 0) is 49.8 Å². The summed E-state index contributed by atoms with van der Waals surface area (Å²) in [4.78, 5) is 14.0. The van der Waals surface area contributed by atoms with E-state index in [1.165, 1.54) is 38.5 Å². The van der Waals surface area contributed by atoms with Gasteiger partial charge in [-0.25, -0.2) is 0 Å². The highest BCUT2D eigenvalue weighted by atomic mass is 16.4. The van der Waals surface area contributed by atoms with Crippen LogP contribution in [0.5, 0.6) is 0 Å². The first-order valence-electron chi connectivity index (χ1n) is 8.19. The summed E-state index contributed by atoms with van der Waals surface area (Å²) in [6, 6.07) is 9.65. The van der Waals surface area contributed by atoms with Crippen LogP contribution in [-0.4, -0.2) is 35.6 Å². The Morgan fingerprint density at radius 2 is 1.71 bits per heavy atom. The third kappa shape index (κ3) is 3.29. The van der Waals surface area contributed by atoms with E-state index in [0.717, 1.165) is 18.7 Å². The number of rotatable bonds is 4. The quantitative estimate of drug-likeness (QED) is 0.921. The molecular weight excluding hydrogens is 262 g/mol. The van der Waals surface area contributed by atoms with Crippen LogP contribution in [0.3, 0.4) is 0 Å². The lowest BCUT2D eigenvalue weighted by Gasteiger charge is -2.40. The monoisotopic (exact) mass is 287 g/mol. The molecule has 3 heteroatoms. The summed E-state index contributed by atoms with van der Waals surface area (Å²) in [7, 11) is 0. The van der Waals surface area contributed by atoms with Crippen molar-refractivity contribution in [1.82, 2.24) is 4.90 Å². The molecule has 1 aromatic rings. The van der Waals surface area contributed by atoms with Crippen LogP contribution in [0.2, 0.25) is 0 Å². The van der Waals surface area contributed by atoms with Gasteiger partial charge in [0.1, 0.15) is 0 Å². The molecule has 1 saturated carbocycles. The Morgan fingerprint density at radius 3 is 2.29 bits per heavy atom. The van der Waals surface area contributed by atoms with Crippen LogP contribution < -0.4 is 0 Å². The highest BCUT2D eigenvalue weighted by Crippen LogP contribution is 2.46. The number of benzene rings is 1. The Bertz CT molecular complexity index is 469. The molecule has 1 atom stereocenters. The van der Waals surface area contributed by atoms with E-state index in [9.17, 15) is 9.90 Å². The molecule has 1 aromatic carbocycles. The predicted molar refractivity (Wildman–Crippen MR) is 83.4 cm³/mol. The maximum absolute atomic E-state index is 11.6. The third-order valence-electron chi connectivity index (χ3n) is 5.52. The summed E-state index contributed by atoms with van der Waals surface area (Å²) in [5.41, 5.74) is 1.52. The van der Waals surface area contributed by atoms with Gasteiger partial charge in [0, 0.05) is 6.54 Å². The van der Waals surface area contributed by atoms with E-state index >= 15 is 0 Å². The second-order valence-corrected chi connectivity index (χ2v) is 6.81. The molecule has 3 nitrogen and oxygen atoms in total. The molecule has 0 radical (unpaired) electrons. The number of likely N-dealkylation sites (tertiary alicyclic amines) is 1. The molecule has 21 heavy (non-hydrogen) atoms. The number of carboxylic acid groups (broad SMARTS) is 1. The first-order chi connectivity index (χ1) is 10.2. The fourth-order valence-corrected chi connectivity index (χ4v) is 4.10. The van der Waals surface area contributed by atoms with Crippen LogP contribution in [0.1, 0.15) is 50.0 Å². The van der Waals surface area contributed by atoms with Crippen molar-refractivity contribution in [3.63, 3.8) is 0 Å². The summed E-state index contributed by atoms with van der Waals surface area (Å²) in [6.07, 6.45) is 8.08. The Morgan fingerprint density at radius 1 is 1.10 bits per heavy atom. The fourth-order valence-electron chi connectivity index (χ4n) is 4.10. The summed E-state index contributed by atoms with van der Waals surface area (Å²) in [5.74, 6) is -1.11. The normalized spacial score (nSPS) is 23.2. The van der Waals surface area contributed by atoms with Crippen LogP contribution in [0.25, 0.3) is 0 Å². The van der Waals surface area contributed by atoms with Crippen LogP contribution in [0.4, 0.5) is 0 Å². The van der Waals surface area contributed by atoms with Crippen LogP contribution >= 0.6 is 0 Å². The lowest BCUT2D eigenvalue weighted by Crippen LogP contribution is -2.41. The fraction of sp³-hybridized carbons (Fsp3) is 0.611. The van der Waals surface area contributed by atoms with Gasteiger partial charge in [-0.15, -0.1) is 0 Å². The predicted octanol–water partition coefficient (Wildman–Crippen LogP) is 3.51. The minimum absolute atomic E-state index is 0.399. The lowest BCUT2D eigenvalue weighted by molar-refractivity contribution is -0.139. The molecule has 2 fully saturated rings. The van der Waals surface area contributed by atoms with E-state index in [4.69, 9.17) is 0 Å². The van der Waals surface area contributed by atoms with Crippen molar-refractivity contribution in [3.05, 3.63) is 35.9 Å². The summed E-state index contributed by atoms with van der Waals surface area (Å²) in [5, 5.41) is 9.54. The number of carbonyl (C=O) groups is 1. The molecule has 1 aliphatic carbocycles. The molecule has 0 aromatic heterocycles. The van der Waals surface area contributed by atoms with Gasteiger partial charge in [0.2, 0.25) is 0 Å². The van der Waals surface area contributed by atoms with E-state index in [-0.39, 0.29) is 0 Å². The number of piperidine rings is 1. The summed E-state index contributed by atoms with van der Waals surface area (Å²) in [6.45, 7) is 2.78. The van der Waals surface area contributed by atoms with E-state index < -0.39 is 11.9 Å². The van der Waals surface area contributed by atoms with Crippen molar-refractivity contribution < 1.29 is 9.90 Å². The van der Waals surface area contributed by atoms with Gasteiger partial charge in [-0.2, -0.15) is 0 Å². The second-order valence-electron chi connectivity index (χ2n) is 6.81. The highest BCUT2D eigenvalue weighted by molar-refractivity contribution is 5.76. The molecule has 1 heterocycles. The van der Waals surface area contributed by atoms with Gasteiger partial charge in [0.05, 0.1) is 5.92 Å². The van der Waals surface area contributed by atoms with E-state index in [1.54, 1.807) is 0 Å². The van der Waals surface area contributed by atoms with Gasteiger partial charge >= 0.3 is 5.97 Å². The van der Waals surface area contributed by atoms with E-state index in [0.29, 0.717) is 12.0 Å². The summed E-state index contributed by atoms with van der Waals surface area (Å²) < 4.78 is 0. The average molecular weight is 287 g/mol. The molecule has 1 spiro atoms. The minimum atomic E-state index is -0.706. The van der Waals surface area contributed by atoms with Crippen molar-refractivity contribution in [2.75, 3.05) is 19.6 Å². The van der Waals surface area contributed by atoms with Gasteiger partial charge in [-0.3, -0.25) is 4.79 Å². The van der Waals surface area contributed by atoms with E-state index in [1.807, 2.05) is 30.3 Å². The standard InChI is InChI=1S/C18H25NO2/c20-17(21)16(15-6-2-1-3-7-15)14-19-12-10-18(11-13-19)8-4-5-9-18/h1-3,6-7,16H,4-5,8-14H2,(H,20,21). The largest absolute Gasteiger partial charge is 0.481 e. The third-order valence-corrected chi connectivity index (χ3v) is 5.52. The van der Waals surface area contributed by atoms with Crippen LogP contribution in [0.15, 0.2) is 30.3 Å². The Balaban J connectivity index is 1.61. The van der Waals surface area contributed by atoms with Gasteiger partial charge in [0.25, 0.3) is 0 Å². The highest BCUT2D eigenvalue weighted by Gasteiger charge is 2.37. The molecule has 1 N–H and O–H groups in total. The van der Waals surface area contributed by atoms with Crippen LogP contribution in [-0.2, 0) is 4.79 Å². The number of nitrogens with zero attached hydrogens (tertiary/aromatic N) is 1. The number of hydrogen-bond donors (Lipinski definition) is 1. The molecule has 0 amide bonds. The molecule has 0 bridgehead atoms.